The van der Waals surface area contributed by atoms with Crippen molar-refractivity contribution in [3.05, 3.63) is 40.3 Å². The molecular weight excluding hydrogens is 332 g/mol. The third-order valence-electron chi connectivity index (χ3n) is 4.90. The SMILES string of the molecule is CCCNC(=O)C1CCC2S/C(=C/c3ccc(C)cc3)C(=O)NC2C1. The van der Waals surface area contributed by atoms with E-state index in [0.29, 0.717) is 5.25 Å². The highest BCUT2D eigenvalue weighted by Crippen LogP contribution is 2.39. The highest BCUT2D eigenvalue weighted by Gasteiger charge is 2.39. The molecule has 1 heterocycles. The number of thioether (sulfide) groups is 1. The van der Waals surface area contributed by atoms with Crippen molar-refractivity contribution in [1.29, 1.82) is 0 Å². The van der Waals surface area contributed by atoms with Gasteiger partial charge < -0.3 is 10.6 Å². The molecule has 2 amide bonds. The first kappa shape index (κ1) is 18.1. The molecule has 25 heavy (non-hydrogen) atoms. The topological polar surface area (TPSA) is 58.2 Å². The number of amides is 2. The number of hydrogen-bond donors (Lipinski definition) is 2. The molecule has 1 aromatic carbocycles. The van der Waals surface area contributed by atoms with Crippen molar-refractivity contribution >= 4 is 29.7 Å². The van der Waals surface area contributed by atoms with Crippen LogP contribution in [0, 0.1) is 12.8 Å². The zero-order valence-corrected chi connectivity index (χ0v) is 15.7. The number of hydrogen-bond acceptors (Lipinski definition) is 3. The van der Waals surface area contributed by atoms with Crippen molar-refractivity contribution in [3.8, 4) is 0 Å². The molecule has 1 saturated heterocycles. The van der Waals surface area contributed by atoms with Crippen molar-refractivity contribution in [2.75, 3.05) is 6.54 Å². The van der Waals surface area contributed by atoms with Gasteiger partial charge in [0.25, 0.3) is 5.91 Å². The van der Waals surface area contributed by atoms with E-state index in [9.17, 15) is 9.59 Å². The standard InChI is InChI=1S/C20H26N2O2S/c1-3-10-21-19(23)15-8-9-17-16(12-15)22-20(24)18(25-17)11-14-6-4-13(2)5-7-14/h4-7,11,15-17H,3,8-10,12H2,1-2H3,(H,21,23)(H,22,24)/b18-11+. The molecule has 0 aromatic heterocycles. The molecule has 1 aliphatic carbocycles. The van der Waals surface area contributed by atoms with Gasteiger partial charge in [-0.05, 0) is 44.2 Å². The van der Waals surface area contributed by atoms with Gasteiger partial charge in [0.05, 0.1) is 4.91 Å². The molecule has 3 unspecified atom stereocenters. The maximum atomic E-state index is 12.5. The quantitative estimate of drug-likeness (QED) is 0.812. The summed E-state index contributed by atoms with van der Waals surface area (Å²) in [6.07, 6.45) is 5.53. The number of rotatable bonds is 4. The molecule has 1 aliphatic heterocycles. The normalized spacial score (nSPS) is 27.5. The molecule has 134 valence electrons. The van der Waals surface area contributed by atoms with E-state index in [4.69, 9.17) is 0 Å². The molecule has 5 heteroatoms. The van der Waals surface area contributed by atoms with Crippen molar-refractivity contribution in [2.45, 2.75) is 50.8 Å². The number of benzene rings is 1. The first-order valence-electron chi connectivity index (χ1n) is 9.10. The minimum atomic E-state index is -0.0126. The van der Waals surface area contributed by atoms with Crippen LogP contribution in [0.15, 0.2) is 29.2 Å². The second-order valence-electron chi connectivity index (χ2n) is 6.96. The second kappa shape index (κ2) is 8.09. The van der Waals surface area contributed by atoms with Crippen LogP contribution in [0.2, 0.25) is 0 Å². The highest BCUT2D eigenvalue weighted by atomic mass is 32.2. The van der Waals surface area contributed by atoms with Crippen LogP contribution in [0.25, 0.3) is 6.08 Å². The zero-order valence-electron chi connectivity index (χ0n) is 14.9. The van der Waals surface area contributed by atoms with Gasteiger partial charge in [-0.1, -0.05) is 36.8 Å². The molecule has 2 aliphatic rings. The summed E-state index contributed by atoms with van der Waals surface area (Å²) in [5.41, 5.74) is 2.26. The minimum Gasteiger partial charge on any atom is -0.356 e. The Morgan fingerprint density at radius 2 is 2.08 bits per heavy atom. The van der Waals surface area contributed by atoms with Gasteiger partial charge in [-0.3, -0.25) is 9.59 Å². The Bertz CT molecular complexity index is 669. The van der Waals surface area contributed by atoms with E-state index in [1.807, 2.05) is 18.2 Å². The van der Waals surface area contributed by atoms with E-state index in [2.05, 4.69) is 36.6 Å². The number of fused-ring (bicyclic) bond motifs is 1. The Morgan fingerprint density at radius 1 is 1.32 bits per heavy atom. The molecule has 1 saturated carbocycles. The number of aryl methyl sites for hydroxylation is 1. The summed E-state index contributed by atoms with van der Waals surface area (Å²) in [4.78, 5) is 25.4. The van der Waals surface area contributed by atoms with E-state index in [1.165, 1.54) is 5.56 Å². The third-order valence-corrected chi connectivity index (χ3v) is 6.32. The van der Waals surface area contributed by atoms with Gasteiger partial charge in [0.15, 0.2) is 0 Å². The van der Waals surface area contributed by atoms with Crippen LogP contribution >= 0.6 is 11.8 Å². The van der Waals surface area contributed by atoms with Gasteiger partial charge in [-0.2, -0.15) is 0 Å². The lowest BCUT2D eigenvalue weighted by atomic mass is 9.84. The average Bonchev–Trinajstić information content (AvgIpc) is 2.61. The van der Waals surface area contributed by atoms with Crippen molar-refractivity contribution in [1.82, 2.24) is 10.6 Å². The Labute approximate surface area is 153 Å². The first-order valence-corrected chi connectivity index (χ1v) is 9.98. The van der Waals surface area contributed by atoms with Crippen LogP contribution in [0.5, 0.6) is 0 Å². The molecule has 0 spiro atoms. The van der Waals surface area contributed by atoms with Gasteiger partial charge >= 0.3 is 0 Å². The maximum Gasteiger partial charge on any atom is 0.257 e. The monoisotopic (exact) mass is 358 g/mol. The minimum absolute atomic E-state index is 0.0126. The Kier molecular flexibility index (Phi) is 5.84. The molecule has 2 fully saturated rings. The van der Waals surface area contributed by atoms with Crippen LogP contribution in [0.3, 0.4) is 0 Å². The van der Waals surface area contributed by atoms with Crippen molar-refractivity contribution in [3.63, 3.8) is 0 Å². The summed E-state index contributed by atoms with van der Waals surface area (Å²) in [6, 6.07) is 8.29. The van der Waals surface area contributed by atoms with E-state index < -0.39 is 0 Å². The molecule has 1 aromatic rings. The average molecular weight is 359 g/mol. The molecule has 3 atom stereocenters. The number of nitrogens with one attached hydrogen (secondary N) is 2. The summed E-state index contributed by atoms with van der Waals surface area (Å²) in [6.45, 7) is 4.84. The second-order valence-corrected chi connectivity index (χ2v) is 8.24. The zero-order chi connectivity index (χ0) is 17.8. The Hall–Kier alpha value is -1.75. The first-order chi connectivity index (χ1) is 12.1. The summed E-state index contributed by atoms with van der Waals surface area (Å²) in [5, 5.41) is 6.48. The van der Waals surface area contributed by atoms with E-state index >= 15 is 0 Å². The van der Waals surface area contributed by atoms with Crippen LogP contribution in [0.4, 0.5) is 0 Å². The van der Waals surface area contributed by atoms with Crippen LogP contribution in [-0.4, -0.2) is 29.7 Å². The molecule has 3 rings (SSSR count). The molecule has 0 radical (unpaired) electrons. The van der Waals surface area contributed by atoms with Gasteiger partial charge in [-0.15, -0.1) is 11.8 Å². The highest BCUT2D eigenvalue weighted by molar-refractivity contribution is 8.04. The molecular formula is C20H26N2O2S. The summed E-state index contributed by atoms with van der Waals surface area (Å²) >= 11 is 1.67. The summed E-state index contributed by atoms with van der Waals surface area (Å²) < 4.78 is 0. The predicted octanol–water partition coefficient (Wildman–Crippen LogP) is 3.26. The fraction of sp³-hybridized carbons (Fsp3) is 0.500. The van der Waals surface area contributed by atoms with Gasteiger partial charge in [-0.25, -0.2) is 0 Å². The molecule has 2 N–H and O–H groups in total. The van der Waals surface area contributed by atoms with Crippen LogP contribution < -0.4 is 10.6 Å². The fourth-order valence-corrected chi connectivity index (χ4v) is 4.73. The lowest BCUT2D eigenvalue weighted by molar-refractivity contribution is -0.127. The van der Waals surface area contributed by atoms with Crippen molar-refractivity contribution < 1.29 is 9.59 Å². The predicted molar refractivity (Wildman–Crippen MR) is 103 cm³/mol. The lowest BCUT2D eigenvalue weighted by Gasteiger charge is -2.39. The fourth-order valence-electron chi connectivity index (χ4n) is 3.44. The van der Waals surface area contributed by atoms with E-state index in [1.54, 1.807) is 11.8 Å². The number of carbonyl (C=O) groups is 2. The van der Waals surface area contributed by atoms with Gasteiger partial charge in [0, 0.05) is 23.8 Å². The van der Waals surface area contributed by atoms with Crippen molar-refractivity contribution in [2.24, 2.45) is 5.92 Å². The smallest absolute Gasteiger partial charge is 0.257 e. The van der Waals surface area contributed by atoms with E-state index in [-0.39, 0.29) is 23.8 Å². The summed E-state index contributed by atoms with van der Waals surface area (Å²) in [5.74, 6) is 0.151. The number of carbonyl (C=O) groups excluding carboxylic acids is 2. The molecule has 0 bridgehead atoms. The largest absolute Gasteiger partial charge is 0.356 e. The Balaban J connectivity index is 1.64. The van der Waals surface area contributed by atoms with E-state index in [0.717, 1.165) is 42.7 Å². The molecule has 4 nitrogen and oxygen atoms in total. The lowest BCUT2D eigenvalue weighted by Crippen LogP contribution is -2.51. The Morgan fingerprint density at radius 3 is 2.80 bits per heavy atom. The maximum absolute atomic E-state index is 12.5. The summed E-state index contributed by atoms with van der Waals surface area (Å²) in [7, 11) is 0. The van der Waals surface area contributed by atoms with Crippen LogP contribution in [0.1, 0.15) is 43.7 Å². The van der Waals surface area contributed by atoms with Gasteiger partial charge in [0.2, 0.25) is 5.91 Å². The van der Waals surface area contributed by atoms with Crippen LogP contribution in [-0.2, 0) is 9.59 Å². The third kappa shape index (κ3) is 4.46. The van der Waals surface area contributed by atoms with Gasteiger partial charge in [0.1, 0.15) is 0 Å².